The topological polar surface area (TPSA) is 41.1 Å². The van der Waals surface area contributed by atoms with Crippen molar-refractivity contribution in [2.45, 2.75) is 39.2 Å². The molecule has 2 N–H and O–H groups in total. The molecule has 1 rings (SSSR count). The van der Waals surface area contributed by atoms with Crippen LogP contribution < -0.4 is 10.6 Å². The molecule has 0 bridgehead atoms. The van der Waals surface area contributed by atoms with Crippen molar-refractivity contribution < 1.29 is 4.79 Å². The van der Waals surface area contributed by atoms with Crippen LogP contribution in [0.25, 0.3) is 0 Å². The van der Waals surface area contributed by atoms with Gasteiger partial charge in [-0.3, -0.25) is 4.79 Å². The summed E-state index contributed by atoms with van der Waals surface area (Å²) in [5, 5.41) is 6.20. The van der Waals surface area contributed by atoms with Crippen LogP contribution in [0.3, 0.4) is 0 Å². The molecule has 4 heteroatoms. The zero-order valence-electron chi connectivity index (χ0n) is 12.7. The minimum absolute atomic E-state index is 0. The third-order valence-electron chi connectivity index (χ3n) is 3.60. The van der Waals surface area contributed by atoms with Crippen molar-refractivity contribution in [1.29, 1.82) is 0 Å². The summed E-state index contributed by atoms with van der Waals surface area (Å²) in [7, 11) is 1.86. The quantitative estimate of drug-likeness (QED) is 0.773. The highest BCUT2D eigenvalue weighted by Crippen LogP contribution is 2.27. The molecule has 0 aliphatic heterocycles. The number of benzene rings is 1. The number of nitrogens with one attached hydrogen (secondary N) is 2. The van der Waals surface area contributed by atoms with Crippen LogP contribution in [0.2, 0.25) is 0 Å². The molecule has 0 saturated carbocycles. The molecule has 1 unspecified atom stereocenters. The van der Waals surface area contributed by atoms with E-state index in [1.54, 1.807) is 0 Å². The number of rotatable bonds is 8. The summed E-state index contributed by atoms with van der Waals surface area (Å²) in [5.74, 6) is 0.607. The Kier molecular flexibility index (Phi) is 10.1. The Labute approximate surface area is 128 Å². The minimum Gasteiger partial charge on any atom is -0.349 e. The molecule has 1 atom stereocenters. The van der Waals surface area contributed by atoms with Crippen LogP contribution in [0.15, 0.2) is 30.3 Å². The van der Waals surface area contributed by atoms with Crippen LogP contribution in [0.5, 0.6) is 0 Å². The molecule has 0 aromatic heterocycles. The SMILES string of the molecule is CCC(CC)C(NC(=O)CCNC)c1ccccc1.Cl. The fourth-order valence-electron chi connectivity index (χ4n) is 2.38. The van der Waals surface area contributed by atoms with E-state index in [-0.39, 0.29) is 24.4 Å². The van der Waals surface area contributed by atoms with Crippen molar-refractivity contribution in [3.05, 3.63) is 35.9 Å². The van der Waals surface area contributed by atoms with E-state index in [0.717, 1.165) is 19.4 Å². The lowest BCUT2D eigenvalue weighted by atomic mass is 9.88. The molecule has 1 aromatic rings. The fraction of sp³-hybridized carbons (Fsp3) is 0.562. The van der Waals surface area contributed by atoms with Gasteiger partial charge in [0.05, 0.1) is 6.04 Å². The Morgan fingerprint density at radius 2 is 1.75 bits per heavy atom. The van der Waals surface area contributed by atoms with Gasteiger partial charge in [-0.2, -0.15) is 0 Å². The number of hydrogen-bond acceptors (Lipinski definition) is 2. The van der Waals surface area contributed by atoms with Gasteiger partial charge >= 0.3 is 0 Å². The highest BCUT2D eigenvalue weighted by atomic mass is 35.5. The second kappa shape index (κ2) is 10.7. The lowest BCUT2D eigenvalue weighted by Gasteiger charge is -2.27. The zero-order chi connectivity index (χ0) is 14.1. The first-order valence-corrected chi connectivity index (χ1v) is 7.21. The number of hydrogen-bond donors (Lipinski definition) is 2. The summed E-state index contributed by atoms with van der Waals surface area (Å²) in [6.45, 7) is 5.09. The van der Waals surface area contributed by atoms with Gasteiger partial charge in [0.25, 0.3) is 0 Å². The standard InChI is InChI=1S/C16H26N2O.ClH/c1-4-13(5-2)16(14-9-7-6-8-10-14)18-15(19)11-12-17-3;/h6-10,13,16-17H,4-5,11-12H2,1-3H3,(H,18,19);1H. The van der Waals surface area contributed by atoms with Gasteiger partial charge in [-0.25, -0.2) is 0 Å². The van der Waals surface area contributed by atoms with Gasteiger partial charge in [0, 0.05) is 13.0 Å². The lowest BCUT2D eigenvalue weighted by Crippen LogP contribution is -2.34. The monoisotopic (exact) mass is 298 g/mol. The van der Waals surface area contributed by atoms with Crippen LogP contribution in [0, 0.1) is 5.92 Å². The predicted molar refractivity (Wildman–Crippen MR) is 87.2 cm³/mol. The molecule has 3 nitrogen and oxygen atoms in total. The maximum Gasteiger partial charge on any atom is 0.221 e. The molecular formula is C16H27ClN2O. The van der Waals surface area contributed by atoms with E-state index in [4.69, 9.17) is 0 Å². The van der Waals surface area contributed by atoms with E-state index in [1.165, 1.54) is 5.56 Å². The van der Waals surface area contributed by atoms with E-state index in [0.29, 0.717) is 12.3 Å². The molecular weight excluding hydrogens is 272 g/mol. The largest absolute Gasteiger partial charge is 0.349 e. The second-order valence-electron chi connectivity index (χ2n) is 4.89. The van der Waals surface area contributed by atoms with Crippen molar-refractivity contribution in [1.82, 2.24) is 10.6 Å². The van der Waals surface area contributed by atoms with Gasteiger partial charge < -0.3 is 10.6 Å². The Hall–Kier alpha value is -1.06. The first-order valence-electron chi connectivity index (χ1n) is 7.21. The summed E-state index contributed by atoms with van der Waals surface area (Å²) in [4.78, 5) is 12.0. The summed E-state index contributed by atoms with van der Waals surface area (Å²) in [6.07, 6.45) is 2.67. The van der Waals surface area contributed by atoms with E-state index < -0.39 is 0 Å². The minimum atomic E-state index is 0. The first-order chi connectivity index (χ1) is 9.22. The highest BCUT2D eigenvalue weighted by molar-refractivity contribution is 5.85. The molecule has 20 heavy (non-hydrogen) atoms. The maximum atomic E-state index is 12.0. The van der Waals surface area contributed by atoms with E-state index >= 15 is 0 Å². The molecule has 0 heterocycles. The fourth-order valence-corrected chi connectivity index (χ4v) is 2.38. The molecule has 0 spiro atoms. The number of carbonyl (C=O) groups excluding carboxylic acids is 1. The smallest absolute Gasteiger partial charge is 0.221 e. The van der Waals surface area contributed by atoms with Crippen molar-refractivity contribution in [2.24, 2.45) is 5.92 Å². The van der Waals surface area contributed by atoms with Gasteiger partial charge in [-0.1, -0.05) is 57.0 Å². The number of halogens is 1. The van der Waals surface area contributed by atoms with Crippen LogP contribution in [-0.4, -0.2) is 19.5 Å². The summed E-state index contributed by atoms with van der Waals surface area (Å²) in [5.41, 5.74) is 1.20. The molecule has 0 saturated heterocycles. The first kappa shape index (κ1) is 18.9. The van der Waals surface area contributed by atoms with E-state index in [1.807, 2.05) is 25.2 Å². The summed E-state index contributed by atoms with van der Waals surface area (Å²) in [6, 6.07) is 10.4. The van der Waals surface area contributed by atoms with Crippen LogP contribution in [0.1, 0.15) is 44.7 Å². The van der Waals surface area contributed by atoms with Gasteiger partial charge in [-0.15, -0.1) is 12.4 Å². The Morgan fingerprint density at radius 3 is 2.25 bits per heavy atom. The zero-order valence-corrected chi connectivity index (χ0v) is 13.5. The molecule has 0 fully saturated rings. The van der Waals surface area contributed by atoms with Crippen LogP contribution in [0.4, 0.5) is 0 Å². The third-order valence-corrected chi connectivity index (χ3v) is 3.60. The average Bonchev–Trinajstić information content (AvgIpc) is 2.46. The molecule has 0 aliphatic rings. The van der Waals surface area contributed by atoms with Crippen LogP contribution >= 0.6 is 12.4 Å². The predicted octanol–water partition coefficient (Wildman–Crippen LogP) is 3.31. The molecule has 0 aliphatic carbocycles. The molecule has 0 radical (unpaired) electrons. The van der Waals surface area contributed by atoms with Gasteiger partial charge in [0.15, 0.2) is 0 Å². The Morgan fingerprint density at radius 1 is 1.15 bits per heavy atom. The van der Waals surface area contributed by atoms with E-state index in [2.05, 4.69) is 36.6 Å². The highest BCUT2D eigenvalue weighted by Gasteiger charge is 2.21. The van der Waals surface area contributed by atoms with E-state index in [9.17, 15) is 4.79 Å². The van der Waals surface area contributed by atoms with Gasteiger partial charge in [0.1, 0.15) is 0 Å². The van der Waals surface area contributed by atoms with Crippen molar-refractivity contribution in [3.63, 3.8) is 0 Å². The maximum absolute atomic E-state index is 12.0. The van der Waals surface area contributed by atoms with Crippen LogP contribution in [-0.2, 0) is 4.79 Å². The van der Waals surface area contributed by atoms with Crippen molar-refractivity contribution in [2.75, 3.05) is 13.6 Å². The van der Waals surface area contributed by atoms with Crippen molar-refractivity contribution in [3.8, 4) is 0 Å². The molecule has 1 amide bonds. The lowest BCUT2D eigenvalue weighted by molar-refractivity contribution is -0.122. The second-order valence-corrected chi connectivity index (χ2v) is 4.89. The average molecular weight is 299 g/mol. The van der Waals surface area contributed by atoms with Crippen molar-refractivity contribution >= 4 is 18.3 Å². The normalized spacial score (nSPS) is 11.8. The number of carbonyl (C=O) groups is 1. The Bertz CT molecular complexity index is 366. The summed E-state index contributed by atoms with van der Waals surface area (Å²) < 4.78 is 0. The molecule has 1 aromatic carbocycles. The number of amides is 1. The summed E-state index contributed by atoms with van der Waals surface area (Å²) >= 11 is 0. The molecule has 114 valence electrons. The Balaban J connectivity index is 0.00000361. The van der Waals surface area contributed by atoms with Gasteiger partial charge in [-0.05, 0) is 18.5 Å². The third kappa shape index (κ3) is 5.93. The van der Waals surface area contributed by atoms with Gasteiger partial charge in [0.2, 0.25) is 5.91 Å².